The number of rotatable bonds is 3. The monoisotopic (exact) mass is 222 g/mol. The van der Waals surface area contributed by atoms with Crippen LogP contribution in [0.5, 0.6) is 0 Å². The highest BCUT2D eigenvalue weighted by Gasteiger charge is 2.45. The van der Waals surface area contributed by atoms with Crippen LogP contribution < -0.4 is 0 Å². The molecule has 1 aromatic rings. The number of nitrogens with zero attached hydrogens (tertiary/aromatic N) is 2. The minimum atomic E-state index is -4.60. The van der Waals surface area contributed by atoms with Gasteiger partial charge in [0, 0.05) is 23.9 Å². The average molecular weight is 222 g/mol. The first-order valence-electron chi connectivity index (χ1n) is 4.12. The Morgan fingerprint density at radius 2 is 2.20 bits per heavy atom. The van der Waals surface area contributed by atoms with Crippen LogP contribution in [-0.2, 0) is 7.05 Å². The molecule has 84 valence electrons. The maximum Gasteiger partial charge on any atom is 0.403 e. The number of aromatic nitrogens is 1. The van der Waals surface area contributed by atoms with Crippen molar-refractivity contribution in [1.29, 1.82) is 0 Å². The van der Waals surface area contributed by atoms with E-state index < -0.39 is 23.6 Å². The molecule has 15 heavy (non-hydrogen) atoms. The lowest BCUT2D eigenvalue weighted by molar-refractivity contribution is -0.491. The van der Waals surface area contributed by atoms with E-state index in [1.54, 1.807) is 0 Å². The minimum absolute atomic E-state index is 0.0980. The van der Waals surface area contributed by atoms with Gasteiger partial charge in [0.15, 0.2) is 5.92 Å². The topological polar surface area (TPSA) is 48.1 Å². The van der Waals surface area contributed by atoms with Crippen LogP contribution >= 0.6 is 0 Å². The van der Waals surface area contributed by atoms with Crippen LogP contribution in [0, 0.1) is 10.1 Å². The Kier molecular flexibility index (Phi) is 3.01. The molecule has 0 aliphatic carbocycles. The highest BCUT2D eigenvalue weighted by Crippen LogP contribution is 2.34. The normalized spacial score (nSPS) is 13.9. The van der Waals surface area contributed by atoms with Crippen LogP contribution in [0.4, 0.5) is 13.2 Å². The molecule has 1 atom stereocenters. The second kappa shape index (κ2) is 3.92. The van der Waals surface area contributed by atoms with Crippen molar-refractivity contribution in [3.8, 4) is 0 Å². The van der Waals surface area contributed by atoms with Crippen molar-refractivity contribution in [2.45, 2.75) is 12.1 Å². The summed E-state index contributed by atoms with van der Waals surface area (Å²) < 4.78 is 38.8. The number of hydrogen-bond acceptors (Lipinski definition) is 2. The molecule has 0 saturated heterocycles. The zero-order valence-electron chi connectivity index (χ0n) is 7.86. The molecule has 0 amide bonds. The Hall–Kier alpha value is -1.53. The fourth-order valence-corrected chi connectivity index (χ4v) is 1.35. The Morgan fingerprint density at radius 3 is 2.53 bits per heavy atom. The molecule has 0 radical (unpaired) electrons. The lowest BCUT2D eigenvalue weighted by atomic mass is 10.1. The number of aryl methyl sites for hydroxylation is 1. The molecule has 0 fully saturated rings. The fraction of sp³-hybridized carbons (Fsp3) is 0.500. The smallest absolute Gasteiger partial charge is 0.354 e. The van der Waals surface area contributed by atoms with E-state index in [1.807, 2.05) is 0 Å². The summed E-state index contributed by atoms with van der Waals surface area (Å²) in [4.78, 5) is 9.21. The Balaban J connectivity index is 3.02. The summed E-state index contributed by atoms with van der Waals surface area (Å²) in [5.41, 5.74) is -0.0980. The minimum Gasteiger partial charge on any atom is -0.354 e. The van der Waals surface area contributed by atoms with Crippen LogP contribution in [0.3, 0.4) is 0 Å². The first-order chi connectivity index (χ1) is 6.82. The molecule has 0 N–H and O–H groups in total. The standard InChI is InChI=1S/C8H9F3N2O2/c1-12-4-2-3-7(12)6(5-13(14)15)8(9,10)11/h2-4,6H,5H2,1H3. The van der Waals surface area contributed by atoms with Gasteiger partial charge in [-0.1, -0.05) is 0 Å². The molecule has 0 aromatic carbocycles. The summed E-state index contributed by atoms with van der Waals surface area (Å²) in [5, 5.41) is 10.2. The predicted molar refractivity (Wildman–Crippen MR) is 46.1 cm³/mol. The van der Waals surface area contributed by atoms with E-state index in [2.05, 4.69) is 0 Å². The lowest BCUT2D eigenvalue weighted by Gasteiger charge is -2.17. The number of halogens is 3. The highest BCUT2D eigenvalue weighted by molar-refractivity contribution is 5.14. The van der Waals surface area contributed by atoms with Crippen molar-refractivity contribution in [3.63, 3.8) is 0 Å². The largest absolute Gasteiger partial charge is 0.403 e. The summed E-state index contributed by atoms with van der Waals surface area (Å²) in [6.45, 7) is -1.14. The van der Waals surface area contributed by atoms with E-state index in [0.29, 0.717) is 0 Å². The van der Waals surface area contributed by atoms with Crippen LogP contribution in [-0.4, -0.2) is 22.2 Å². The first kappa shape index (κ1) is 11.5. The van der Waals surface area contributed by atoms with E-state index in [-0.39, 0.29) is 5.69 Å². The Morgan fingerprint density at radius 1 is 1.60 bits per heavy atom. The van der Waals surface area contributed by atoms with Gasteiger partial charge < -0.3 is 4.57 Å². The second-order valence-corrected chi connectivity index (χ2v) is 3.15. The average Bonchev–Trinajstić information content (AvgIpc) is 2.45. The van der Waals surface area contributed by atoms with Gasteiger partial charge in [-0.3, -0.25) is 10.1 Å². The van der Waals surface area contributed by atoms with Gasteiger partial charge in [0.2, 0.25) is 6.54 Å². The summed E-state index contributed by atoms with van der Waals surface area (Å²) in [6, 6.07) is 2.66. The summed E-state index contributed by atoms with van der Waals surface area (Å²) in [5.74, 6) is -2.05. The SMILES string of the molecule is Cn1cccc1C(C[N+](=O)[O-])C(F)(F)F. The lowest BCUT2D eigenvalue weighted by Crippen LogP contribution is -2.29. The maximum atomic E-state index is 12.5. The van der Waals surface area contributed by atoms with Crippen molar-refractivity contribution >= 4 is 0 Å². The zero-order chi connectivity index (χ0) is 11.6. The third-order valence-corrected chi connectivity index (χ3v) is 2.07. The van der Waals surface area contributed by atoms with Crippen molar-refractivity contribution in [3.05, 3.63) is 34.1 Å². The molecule has 1 heterocycles. The van der Waals surface area contributed by atoms with E-state index in [0.717, 1.165) is 0 Å². The summed E-state index contributed by atoms with van der Waals surface area (Å²) >= 11 is 0. The quantitative estimate of drug-likeness (QED) is 0.579. The van der Waals surface area contributed by atoms with Crippen LogP contribution in [0.1, 0.15) is 11.6 Å². The first-order valence-corrected chi connectivity index (χ1v) is 4.12. The maximum absolute atomic E-state index is 12.5. The van der Waals surface area contributed by atoms with Crippen LogP contribution in [0.15, 0.2) is 18.3 Å². The van der Waals surface area contributed by atoms with Gasteiger partial charge in [-0.2, -0.15) is 13.2 Å². The van der Waals surface area contributed by atoms with E-state index in [4.69, 9.17) is 0 Å². The van der Waals surface area contributed by atoms with Gasteiger partial charge in [-0.25, -0.2) is 0 Å². The Bertz CT molecular complexity index is 359. The molecule has 4 nitrogen and oxygen atoms in total. The molecule has 0 saturated carbocycles. The molecule has 0 bridgehead atoms. The van der Waals surface area contributed by atoms with E-state index in [1.165, 1.54) is 29.9 Å². The highest BCUT2D eigenvalue weighted by atomic mass is 19.4. The van der Waals surface area contributed by atoms with Gasteiger partial charge in [0.05, 0.1) is 0 Å². The van der Waals surface area contributed by atoms with Gasteiger partial charge >= 0.3 is 6.18 Å². The third-order valence-electron chi connectivity index (χ3n) is 2.07. The van der Waals surface area contributed by atoms with Crippen LogP contribution in [0.2, 0.25) is 0 Å². The third kappa shape index (κ3) is 2.71. The zero-order valence-corrected chi connectivity index (χ0v) is 7.86. The molecule has 7 heteroatoms. The van der Waals surface area contributed by atoms with Gasteiger partial charge in [0.25, 0.3) is 0 Å². The molecule has 0 spiro atoms. The van der Waals surface area contributed by atoms with Gasteiger partial charge in [-0.15, -0.1) is 0 Å². The van der Waals surface area contributed by atoms with E-state index >= 15 is 0 Å². The van der Waals surface area contributed by atoms with E-state index in [9.17, 15) is 23.3 Å². The molecule has 1 aromatic heterocycles. The van der Waals surface area contributed by atoms with Crippen LogP contribution in [0.25, 0.3) is 0 Å². The molecule has 0 aliphatic heterocycles. The Labute approximate surface area is 83.5 Å². The molecular formula is C8H9F3N2O2. The van der Waals surface area contributed by atoms with Crippen molar-refractivity contribution in [1.82, 2.24) is 4.57 Å². The predicted octanol–water partition coefficient (Wildman–Crippen LogP) is 1.95. The molecule has 0 aliphatic rings. The van der Waals surface area contributed by atoms with Gasteiger partial charge in [-0.05, 0) is 12.1 Å². The van der Waals surface area contributed by atoms with Crippen molar-refractivity contribution in [2.75, 3.05) is 6.54 Å². The number of hydrogen-bond donors (Lipinski definition) is 0. The molecule has 1 rings (SSSR count). The molecular weight excluding hydrogens is 213 g/mol. The fourth-order valence-electron chi connectivity index (χ4n) is 1.35. The second-order valence-electron chi connectivity index (χ2n) is 3.15. The summed E-state index contributed by atoms with van der Waals surface area (Å²) in [6.07, 6.45) is -3.17. The summed E-state index contributed by atoms with van der Waals surface area (Å²) in [7, 11) is 1.42. The van der Waals surface area contributed by atoms with Crippen molar-refractivity contribution < 1.29 is 18.1 Å². The number of nitro groups is 1. The molecule has 1 unspecified atom stereocenters. The van der Waals surface area contributed by atoms with Crippen molar-refractivity contribution in [2.24, 2.45) is 7.05 Å². The van der Waals surface area contributed by atoms with Gasteiger partial charge in [0.1, 0.15) is 0 Å². The number of alkyl halides is 3.